The highest BCUT2D eigenvalue weighted by Crippen LogP contribution is 2.64. The molecule has 0 N–H and O–H groups in total. The largest absolute Gasteiger partial charge is 0.310 e. The molecule has 0 aliphatic heterocycles. The van der Waals surface area contributed by atoms with Crippen molar-refractivity contribution in [2.24, 2.45) is 0 Å². The highest BCUT2D eigenvalue weighted by Gasteiger charge is 2.52. The number of hydrogen-bond donors (Lipinski definition) is 0. The molecule has 2 aliphatic rings. The number of rotatable bonds is 6. The highest BCUT2D eigenvalue weighted by molar-refractivity contribution is 5.97. The zero-order valence-electron chi connectivity index (χ0n) is 41.7. The number of benzene rings is 8. The molecule has 1 spiro atoms. The first-order valence-corrected chi connectivity index (χ1v) is 24.3. The quantitative estimate of drug-likeness (QED) is 0.164. The van der Waals surface area contributed by atoms with E-state index in [1.54, 1.807) is 0 Å². The first-order chi connectivity index (χ1) is 31.7. The van der Waals surface area contributed by atoms with E-state index in [2.05, 4.69) is 275 Å². The van der Waals surface area contributed by atoms with Crippen LogP contribution < -0.4 is 9.80 Å². The Kier molecular flexibility index (Phi) is 10.4. The van der Waals surface area contributed by atoms with Crippen molar-refractivity contribution in [3.05, 3.63) is 226 Å². The van der Waals surface area contributed by atoms with Gasteiger partial charge >= 0.3 is 0 Å². The standard InChI is InChI=1S/C65H66N2/c1-61(2,3)43-21-29-47(30-22-43)66(48-31-23-44(24-32-48)62(4,5)6)51-37-39-55-53-17-13-15-19-57(53)65(59(55)41-51)58-20-16-14-18-54(58)56-40-38-52(42-60(56)65)67(49-33-25-45(26-34-49)63(7,8)9)50-35-27-46(28-36-50)64(10,11)12/h13-42H,1-12H3. The SMILES string of the molecule is CC(C)(C)c1ccc(N(c2ccc(C(C)(C)C)cc2)c2ccc3c(c2)C2(c4ccccc4-3)c3ccccc3-c3ccc(N(c4ccc(C(C)(C)C)cc4)c4ccc(C(C)(C)C)cc4)cc32)cc1. The van der Waals surface area contributed by atoms with Crippen LogP contribution in [0.15, 0.2) is 182 Å². The fraction of sp³-hybridized carbons (Fsp3) is 0.262. The zero-order chi connectivity index (χ0) is 47.3. The fourth-order valence-electron chi connectivity index (χ4n) is 10.7. The molecule has 2 heteroatoms. The Morgan fingerprint density at radius 3 is 0.761 bits per heavy atom. The van der Waals surface area contributed by atoms with Crippen LogP contribution in [-0.2, 0) is 27.1 Å². The highest BCUT2D eigenvalue weighted by atomic mass is 15.1. The van der Waals surface area contributed by atoms with E-state index in [0.717, 1.165) is 34.1 Å². The maximum absolute atomic E-state index is 2.51. The first kappa shape index (κ1) is 44.2. The van der Waals surface area contributed by atoms with Crippen LogP contribution in [0.5, 0.6) is 0 Å². The van der Waals surface area contributed by atoms with E-state index in [0.29, 0.717) is 0 Å². The maximum Gasteiger partial charge on any atom is 0.0727 e. The summed E-state index contributed by atoms with van der Waals surface area (Å²) in [5.41, 5.74) is 22.2. The van der Waals surface area contributed by atoms with Crippen LogP contribution in [0.25, 0.3) is 22.3 Å². The molecule has 0 aromatic heterocycles. The van der Waals surface area contributed by atoms with Gasteiger partial charge in [-0.3, -0.25) is 0 Å². The van der Waals surface area contributed by atoms with E-state index in [-0.39, 0.29) is 21.7 Å². The van der Waals surface area contributed by atoms with E-state index < -0.39 is 5.41 Å². The molecule has 336 valence electrons. The Labute approximate surface area is 401 Å². The second-order valence-corrected chi connectivity index (χ2v) is 23.2. The molecule has 0 amide bonds. The van der Waals surface area contributed by atoms with E-state index in [1.165, 1.54) is 66.8 Å². The molecule has 8 aromatic carbocycles. The van der Waals surface area contributed by atoms with E-state index in [1.807, 2.05) is 0 Å². The van der Waals surface area contributed by atoms with Crippen molar-refractivity contribution in [3.8, 4) is 22.3 Å². The van der Waals surface area contributed by atoms with Crippen molar-refractivity contribution in [1.82, 2.24) is 0 Å². The van der Waals surface area contributed by atoms with Crippen LogP contribution >= 0.6 is 0 Å². The Bertz CT molecular complexity index is 2790. The van der Waals surface area contributed by atoms with Gasteiger partial charge < -0.3 is 9.80 Å². The summed E-state index contributed by atoms with van der Waals surface area (Å²) in [5.74, 6) is 0. The molecule has 0 fully saturated rings. The number of anilines is 6. The van der Waals surface area contributed by atoms with Gasteiger partial charge in [-0.1, -0.05) is 192 Å². The van der Waals surface area contributed by atoms with E-state index >= 15 is 0 Å². The molecule has 2 nitrogen and oxygen atoms in total. The number of hydrogen-bond acceptors (Lipinski definition) is 2. The third kappa shape index (κ3) is 7.50. The fourth-order valence-corrected chi connectivity index (χ4v) is 10.7. The Morgan fingerprint density at radius 1 is 0.254 bits per heavy atom. The minimum atomic E-state index is -0.556. The van der Waals surface area contributed by atoms with E-state index in [9.17, 15) is 0 Å². The van der Waals surface area contributed by atoms with Crippen LogP contribution in [0.3, 0.4) is 0 Å². The van der Waals surface area contributed by atoms with Gasteiger partial charge in [0.25, 0.3) is 0 Å². The third-order valence-corrected chi connectivity index (χ3v) is 14.5. The van der Waals surface area contributed by atoms with Crippen molar-refractivity contribution in [2.45, 2.75) is 110 Å². The molecule has 2 aliphatic carbocycles. The summed E-state index contributed by atoms with van der Waals surface area (Å²) < 4.78 is 0. The summed E-state index contributed by atoms with van der Waals surface area (Å²) in [6.45, 7) is 27.5. The van der Waals surface area contributed by atoms with Crippen molar-refractivity contribution in [1.29, 1.82) is 0 Å². The van der Waals surface area contributed by atoms with Gasteiger partial charge in [0.15, 0.2) is 0 Å². The topological polar surface area (TPSA) is 6.48 Å². The van der Waals surface area contributed by atoms with Gasteiger partial charge in [-0.15, -0.1) is 0 Å². The molecular weight excluding hydrogens is 809 g/mol. The van der Waals surface area contributed by atoms with Crippen LogP contribution in [0.4, 0.5) is 34.1 Å². The van der Waals surface area contributed by atoms with Crippen LogP contribution in [0.1, 0.15) is 128 Å². The molecule has 67 heavy (non-hydrogen) atoms. The van der Waals surface area contributed by atoms with Gasteiger partial charge in [0, 0.05) is 34.1 Å². The van der Waals surface area contributed by atoms with Gasteiger partial charge in [-0.05, 0) is 161 Å². The summed E-state index contributed by atoms with van der Waals surface area (Å²) in [5, 5.41) is 0. The lowest BCUT2D eigenvalue weighted by Gasteiger charge is -2.33. The number of fused-ring (bicyclic) bond motifs is 10. The molecule has 8 aromatic rings. The van der Waals surface area contributed by atoms with Crippen molar-refractivity contribution < 1.29 is 0 Å². The molecule has 0 radical (unpaired) electrons. The summed E-state index contributed by atoms with van der Waals surface area (Å²) in [6, 6.07) is 69.7. The molecule has 10 rings (SSSR count). The molecule has 0 saturated heterocycles. The first-order valence-electron chi connectivity index (χ1n) is 24.3. The number of nitrogens with zero attached hydrogens (tertiary/aromatic N) is 2. The predicted molar refractivity (Wildman–Crippen MR) is 287 cm³/mol. The van der Waals surface area contributed by atoms with Crippen LogP contribution in [-0.4, -0.2) is 0 Å². The molecule has 0 bridgehead atoms. The lowest BCUT2D eigenvalue weighted by molar-refractivity contribution is 0.590. The lowest BCUT2D eigenvalue weighted by atomic mass is 9.70. The van der Waals surface area contributed by atoms with E-state index in [4.69, 9.17) is 0 Å². The Hall–Kier alpha value is -6.64. The predicted octanol–water partition coefficient (Wildman–Crippen LogP) is 18.2. The summed E-state index contributed by atoms with van der Waals surface area (Å²) in [6.07, 6.45) is 0. The average molecular weight is 875 g/mol. The molecule has 0 saturated carbocycles. The minimum Gasteiger partial charge on any atom is -0.310 e. The van der Waals surface area contributed by atoms with Crippen molar-refractivity contribution in [2.75, 3.05) is 9.80 Å². The Balaban J connectivity index is 1.21. The molecule has 0 heterocycles. The average Bonchev–Trinajstić information content (AvgIpc) is 3.75. The third-order valence-electron chi connectivity index (χ3n) is 14.5. The van der Waals surface area contributed by atoms with Gasteiger partial charge in [0.2, 0.25) is 0 Å². The second-order valence-electron chi connectivity index (χ2n) is 23.2. The lowest BCUT2D eigenvalue weighted by Crippen LogP contribution is -2.26. The van der Waals surface area contributed by atoms with Gasteiger partial charge in [0.1, 0.15) is 0 Å². The van der Waals surface area contributed by atoms with Crippen LogP contribution in [0, 0.1) is 0 Å². The van der Waals surface area contributed by atoms with Crippen molar-refractivity contribution in [3.63, 3.8) is 0 Å². The van der Waals surface area contributed by atoms with Gasteiger partial charge in [-0.25, -0.2) is 0 Å². The van der Waals surface area contributed by atoms with Gasteiger partial charge in [-0.2, -0.15) is 0 Å². The molecular formula is C65H66N2. The molecule has 0 unspecified atom stereocenters. The monoisotopic (exact) mass is 875 g/mol. The smallest absolute Gasteiger partial charge is 0.0727 e. The van der Waals surface area contributed by atoms with Gasteiger partial charge in [0.05, 0.1) is 5.41 Å². The maximum atomic E-state index is 2.51. The zero-order valence-corrected chi connectivity index (χ0v) is 41.7. The summed E-state index contributed by atoms with van der Waals surface area (Å²) in [7, 11) is 0. The Morgan fingerprint density at radius 2 is 0.493 bits per heavy atom. The summed E-state index contributed by atoms with van der Waals surface area (Å²) in [4.78, 5) is 4.91. The van der Waals surface area contributed by atoms with Crippen molar-refractivity contribution >= 4 is 34.1 Å². The second kappa shape index (κ2) is 15.7. The minimum absolute atomic E-state index is 0.0485. The molecule has 0 atom stereocenters. The normalized spacial score (nSPS) is 13.8. The summed E-state index contributed by atoms with van der Waals surface area (Å²) >= 11 is 0. The van der Waals surface area contributed by atoms with Crippen LogP contribution in [0.2, 0.25) is 0 Å².